The van der Waals surface area contributed by atoms with Gasteiger partial charge in [-0.2, -0.15) is 0 Å². The molecule has 0 bridgehead atoms. The van der Waals surface area contributed by atoms with Gasteiger partial charge in [0.15, 0.2) is 0 Å². The maximum absolute atomic E-state index is 14.1. The van der Waals surface area contributed by atoms with Crippen molar-refractivity contribution < 1.29 is 18.0 Å². The zero-order valence-electron chi connectivity index (χ0n) is 22.6. The summed E-state index contributed by atoms with van der Waals surface area (Å²) >= 11 is 18.5. The third-order valence-electron chi connectivity index (χ3n) is 7.08. The fourth-order valence-electron chi connectivity index (χ4n) is 5.01. The number of carbonyl (C=O) groups excluding carboxylic acids is 2. The van der Waals surface area contributed by atoms with Crippen LogP contribution in [0, 0.1) is 0 Å². The molecule has 2 amide bonds. The molecule has 1 fully saturated rings. The summed E-state index contributed by atoms with van der Waals surface area (Å²) in [7, 11) is -3.92. The molecular formula is C30H32Cl3N3O4S. The second kappa shape index (κ2) is 13.9. The molecule has 1 atom stereocenters. The van der Waals surface area contributed by atoms with Crippen LogP contribution in [0.5, 0.6) is 0 Å². The molecule has 0 unspecified atom stereocenters. The summed E-state index contributed by atoms with van der Waals surface area (Å²) in [5.41, 5.74) is 1.76. The van der Waals surface area contributed by atoms with Crippen LogP contribution < -0.4 is 9.62 Å². The van der Waals surface area contributed by atoms with Crippen LogP contribution in [0.15, 0.2) is 72.8 Å². The van der Waals surface area contributed by atoms with Crippen molar-refractivity contribution in [3.63, 3.8) is 0 Å². The fourth-order valence-corrected chi connectivity index (χ4v) is 6.35. The average Bonchev–Trinajstić information content (AvgIpc) is 3.44. The van der Waals surface area contributed by atoms with E-state index in [-0.39, 0.29) is 40.6 Å². The van der Waals surface area contributed by atoms with Gasteiger partial charge in [0.25, 0.3) is 0 Å². The Bertz CT molecular complexity index is 1480. The van der Waals surface area contributed by atoms with Crippen LogP contribution >= 0.6 is 34.8 Å². The Morgan fingerprint density at radius 2 is 1.59 bits per heavy atom. The van der Waals surface area contributed by atoms with E-state index in [1.807, 2.05) is 36.4 Å². The number of nitrogens with zero attached hydrogens (tertiary/aromatic N) is 2. The molecule has 1 N–H and O–H groups in total. The first-order chi connectivity index (χ1) is 19.5. The third kappa shape index (κ3) is 8.61. The first kappa shape index (κ1) is 31.2. The molecule has 0 aliphatic heterocycles. The van der Waals surface area contributed by atoms with E-state index in [0.29, 0.717) is 10.6 Å². The van der Waals surface area contributed by atoms with Gasteiger partial charge in [0, 0.05) is 24.0 Å². The van der Waals surface area contributed by atoms with Gasteiger partial charge in [0.1, 0.15) is 12.6 Å². The zero-order chi connectivity index (χ0) is 29.6. The zero-order valence-corrected chi connectivity index (χ0v) is 25.7. The predicted molar refractivity (Wildman–Crippen MR) is 165 cm³/mol. The molecule has 41 heavy (non-hydrogen) atoms. The van der Waals surface area contributed by atoms with Crippen LogP contribution in [0.3, 0.4) is 0 Å². The van der Waals surface area contributed by atoms with E-state index in [4.69, 9.17) is 34.8 Å². The highest BCUT2D eigenvalue weighted by molar-refractivity contribution is 7.92. The van der Waals surface area contributed by atoms with E-state index < -0.39 is 28.5 Å². The first-order valence-electron chi connectivity index (χ1n) is 13.3. The summed E-state index contributed by atoms with van der Waals surface area (Å²) in [4.78, 5) is 29.4. The van der Waals surface area contributed by atoms with Gasteiger partial charge in [0.05, 0.1) is 22.0 Å². The Balaban J connectivity index is 1.73. The van der Waals surface area contributed by atoms with Gasteiger partial charge in [-0.3, -0.25) is 13.9 Å². The average molecular weight is 637 g/mol. The molecular weight excluding hydrogens is 605 g/mol. The molecule has 218 valence electrons. The third-order valence-corrected chi connectivity index (χ3v) is 9.20. The minimum Gasteiger partial charge on any atom is -0.352 e. The molecule has 1 aliphatic rings. The lowest BCUT2D eigenvalue weighted by atomic mass is 10.0. The normalized spacial score (nSPS) is 14.4. The lowest BCUT2D eigenvalue weighted by Gasteiger charge is -2.34. The van der Waals surface area contributed by atoms with Crippen LogP contribution in [0.2, 0.25) is 15.1 Å². The number of sulfonamides is 1. The van der Waals surface area contributed by atoms with E-state index in [9.17, 15) is 18.0 Å². The van der Waals surface area contributed by atoms with Crippen molar-refractivity contribution in [2.75, 3.05) is 17.1 Å². The molecule has 3 aromatic rings. The quantitative estimate of drug-likeness (QED) is 0.275. The monoisotopic (exact) mass is 635 g/mol. The van der Waals surface area contributed by atoms with Gasteiger partial charge >= 0.3 is 0 Å². The van der Waals surface area contributed by atoms with Crippen molar-refractivity contribution in [1.29, 1.82) is 0 Å². The second-order valence-electron chi connectivity index (χ2n) is 10.2. The highest BCUT2D eigenvalue weighted by Crippen LogP contribution is 2.29. The Hall–Kier alpha value is -2.78. The van der Waals surface area contributed by atoms with Gasteiger partial charge < -0.3 is 10.2 Å². The number of halogens is 3. The highest BCUT2D eigenvalue weighted by atomic mass is 35.5. The molecule has 0 radical (unpaired) electrons. The summed E-state index contributed by atoms with van der Waals surface area (Å²) in [6.07, 6.45) is 5.09. The van der Waals surface area contributed by atoms with Gasteiger partial charge in [-0.05, 0) is 54.3 Å². The van der Waals surface area contributed by atoms with E-state index in [0.717, 1.165) is 41.8 Å². The Morgan fingerprint density at radius 1 is 0.902 bits per heavy atom. The summed E-state index contributed by atoms with van der Waals surface area (Å²) < 4.78 is 26.8. The van der Waals surface area contributed by atoms with E-state index in [1.165, 1.54) is 23.1 Å². The van der Waals surface area contributed by atoms with Crippen LogP contribution in [-0.4, -0.2) is 50.0 Å². The van der Waals surface area contributed by atoms with Crippen molar-refractivity contribution in [3.05, 3.63) is 99.0 Å². The molecule has 0 aromatic heterocycles. The van der Waals surface area contributed by atoms with Crippen molar-refractivity contribution in [2.24, 2.45) is 0 Å². The van der Waals surface area contributed by atoms with Crippen molar-refractivity contribution >= 4 is 62.3 Å². The molecule has 0 heterocycles. The van der Waals surface area contributed by atoms with E-state index >= 15 is 0 Å². The van der Waals surface area contributed by atoms with Crippen molar-refractivity contribution in [3.8, 4) is 0 Å². The van der Waals surface area contributed by atoms with Crippen LogP contribution in [0.1, 0.15) is 36.8 Å². The molecule has 0 spiro atoms. The number of carbonyl (C=O) groups is 2. The Labute approximate surface area is 256 Å². The van der Waals surface area contributed by atoms with Crippen molar-refractivity contribution in [2.45, 2.75) is 50.7 Å². The molecule has 0 saturated heterocycles. The molecule has 7 nitrogen and oxygen atoms in total. The van der Waals surface area contributed by atoms with Gasteiger partial charge in [0.2, 0.25) is 21.8 Å². The molecule has 1 saturated carbocycles. The van der Waals surface area contributed by atoms with Gasteiger partial charge in [-0.15, -0.1) is 0 Å². The van der Waals surface area contributed by atoms with Crippen LogP contribution in [0.25, 0.3) is 0 Å². The van der Waals surface area contributed by atoms with E-state index in [1.54, 1.807) is 18.2 Å². The minimum absolute atomic E-state index is 0.0348. The number of hydrogen-bond donors (Lipinski definition) is 1. The Morgan fingerprint density at radius 3 is 2.22 bits per heavy atom. The number of amides is 2. The summed E-state index contributed by atoms with van der Waals surface area (Å²) in [6, 6.07) is 19.9. The Kier molecular flexibility index (Phi) is 10.6. The standard InChI is InChI=1S/C30H32Cl3N3O4S/c1-41(39,40)36(25-14-15-26(32)27(33)18-25)20-29(37)35(19-22-10-7-11-23(31)16-22)28(17-21-8-3-2-4-9-21)30(38)34-24-12-5-6-13-24/h2-4,7-11,14-16,18,24,28H,5-6,12-13,17,19-20H2,1H3,(H,34,38)/t28-/m0/s1. The minimum atomic E-state index is -3.92. The maximum Gasteiger partial charge on any atom is 0.244 e. The fraction of sp³-hybridized carbons (Fsp3) is 0.333. The van der Waals surface area contributed by atoms with Crippen molar-refractivity contribution in [1.82, 2.24) is 10.2 Å². The molecule has 1 aliphatic carbocycles. The smallest absolute Gasteiger partial charge is 0.244 e. The molecule has 3 aromatic carbocycles. The number of hydrogen-bond acceptors (Lipinski definition) is 4. The largest absolute Gasteiger partial charge is 0.352 e. The first-order valence-corrected chi connectivity index (χ1v) is 16.3. The SMILES string of the molecule is CS(=O)(=O)N(CC(=O)N(Cc1cccc(Cl)c1)[C@@H](Cc1ccccc1)C(=O)NC1CCCC1)c1ccc(Cl)c(Cl)c1. The molecule has 11 heteroatoms. The number of rotatable bonds is 11. The number of benzene rings is 3. The predicted octanol–water partition coefficient (Wildman–Crippen LogP) is 6.11. The summed E-state index contributed by atoms with van der Waals surface area (Å²) in [5, 5.41) is 4.03. The van der Waals surface area contributed by atoms with Gasteiger partial charge in [-0.1, -0.05) is 90.1 Å². The summed E-state index contributed by atoms with van der Waals surface area (Å²) in [6.45, 7) is -0.493. The maximum atomic E-state index is 14.1. The van der Waals surface area contributed by atoms with Crippen LogP contribution in [-0.2, 0) is 32.6 Å². The topological polar surface area (TPSA) is 86.8 Å². The summed E-state index contributed by atoms with van der Waals surface area (Å²) in [5.74, 6) is -0.833. The van der Waals surface area contributed by atoms with Gasteiger partial charge in [-0.25, -0.2) is 8.42 Å². The lowest BCUT2D eigenvalue weighted by Crippen LogP contribution is -2.54. The number of nitrogens with one attached hydrogen (secondary N) is 1. The lowest BCUT2D eigenvalue weighted by molar-refractivity contribution is -0.140. The van der Waals surface area contributed by atoms with Crippen LogP contribution in [0.4, 0.5) is 5.69 Å². The number of anilines is 1. The molecule has 4 rings (SSSR count). The second-order valence-corrected chi connectivity index (χ2v) is 13.4. The highest BCUT2D eigenvalue weighted by Gasteiger charge is 2.34. The van der Waals surface area contributed by atoms with E-state index in [2.05, 4.69) is 5.32 Å².